The van der Waals surface area contributed by atoms with Gasteiger partial charge < -0.3 is 4.74 Å². The molecule has 0 bridgehead atoms. The van der Waals surface area contributed by atoms with Crippen LogP contribution in [0.3, 0.4) is 0 Å². The molecule has 0 aliphatic heterocycles. The van der Waals surface area contributed by atoms with E-state index in [9.17, 15) is 4.79 Å². The van der Waals surface area contributed by atoms with Crippen LogP contribution >= 0.6 is 0 Å². The van der Waals surface area contributed by atoms with E-state index in [1.54, 1.807) is 5.57 Å². The number of esters is 1. The summed E-state index contributed by atoms with van der Waals surface area (Å²) < 4.78 is 6.10. The molecule has 4 fully saturated rings. The number of hydrogen-bond donors (Lipinski definition) is 0. The molecule has 2 heteroatoms. The summed E-state index contributed by atoms with van der Waals surface area (Å²) in [6.07, 6.45) is 31.8. The molecule has 0 unspecified atom stereocenters. The van der Waals surface area contributed by atoms with Gasteiger partial charge in [0.2, 0.25) is 0 Å². The normalized spacial score (nSPS) is 39.1. The van der Waals surface area contributed by atoms with Crippen molar-refractivity contribution in [2.45, 2.75) is 168 Å². The van der Waals surface area contributed by atoms with Crippen molar-refractivity contribution in [2.24, 2.45) is 40.4 Å². The van der Waals surface area contributed by atoms with Gasteiger partial charge in [0.05, 0.1) is 0 Å². The Labute approximate surface area is 235 Å². The first-order valence-corrected chi connectivity index (χ1v) is 17.3. The van der Waals surface area contributed by atoms with Crippen molar-refractivity contribution in [3.05, 3.63) is 11.6 Å². The molecule has 5 aliphatic carbocycles. The minimum Gasteiger partial charge on any atom is -0.462 e. The molecule has 0 aromatic rings. The molecule has 0 saturated heterocycles. The van der Waals surface area contributed by atoms with Crippen LogP contribution in [0.25, 0.3) is 0 Å². The quantitative estimate of drug-likeness (QED) is 0.153. The van der Waals surface area contributed by atoms with Crippen LogP contribution in [0.4, 0.5) is 0 Å². The largest absolute Gasteiger partial charge is 0.462 e. The second kappa shape index (κ2) is 12.8. The Hall–Kier alpha value is -0.790. The predicted molar refractivity (Wildman–Crippen MR) is 159 cm³/mol. The fraction of sp³-hybridized carbons (Fsp3) is 0.917. The van der Waals surface area contributed by atoms with Crippen molar-refractivity contribution in [1.82, 2.24) is 0 Å². The van der Waals surface area contributed by atoms with Gasteiger partial charge in [-0.25, -0.2) is 0 Å². The Morgan fingerprint density at radius 1 is 0.868 bits per heavy atom. The molecule has 4 saturated carbocycles. The van der Waals surface area contributed by atoms with E-state index in [0.29, 0.717) is 17.3 Å². The maximum Gasteiger partial charge on any atom is 0.306 e. The third-order valence-electron chi connectivity index (χ3n) is 12.9. The van der Waals surface area contributed by atoms with Crippen LogP contribution in [0.1, 0.15) is 162 Å². The fourth-order valence-electron chi connectivity index (χ4n) is 10.5. The first-order valence-electron chi connectivity index (χ1n) is 17.3. The molecule has 0 heterocycles. The molecule has 2 nitrogen and oxygen atoms in total. The van der Waals surface area contributed by atoms with E-state index < -0.39 is 0 Å². The molecule has 0 N–H and O–H groups in total. The molecule has 38 heavy (non-hydrogen) atoms. The lowest BCUT2D eigenvalue weighted by molar-refractivity contribution is -0.152. The summed E-state index contributed by atoms with van der Waals surface area (Å²) in [5.74, 6) is 4.51. The van der Waals surface area contributed by atoms with Crippen LogP contribution in [0.2, 0.25) is 0 Å². The van der Waals surface area contributed by atoms with Crippen LogP contribution < -0.4 is 0 Å². The number of fused-ring (bicyclic) bond motifs is 5. The van der Waals surface area contributed by atoms with Crippen molar-refractivity contribution in [3.8, 4) is 0 Å². The Balaban J connectivity index is 1.13. The van der Waals surface area contributed by atoms with E-state index in [1.807, 2.05) is 0 Å². The van der Waals surface area contributed by atoms with Crippen molar-refractivity contribution in [3.63, 3.8) is 0 Å². The van der Waals surface area contributed by atoms with E-state index >= 15 is 0 Å². The second-order valence-electron chi connectivity index (χ2n) is 15.0. The van der Waals surface area contributed by atoms with Crippen molar-refractivity contribution < 1.29 is 9.53 Å². The monoisotopic (exact) mass is 524 g/mol. The van der Waals surface area contributed by atoms with Gasteiger partial charge in [0, 0.05) is 12.8 Å². The molecule has 7 atom stereocenters. The van der Waals surface area contributed by atoms with Crippen LogP contribution in [0.5, 0.6) is 0 Å². The van der Waals surface area contributed by atoms with Gasteiger partial charge in [-0.1, -0.05) is 103 Å². The zero-order valence-corrected chi connectivity index (χ0v) is 25.4. The SMILES string of the molecule is CCCCCCCC[C@@H]1CC[C@@H]2[C@H]3CC=C4C[C@@H](OC(=O)CCC5CCCCC5)CC[C@]4(C)[C@@H]3CC[C@]12C. The summed E-state index contributed by atoms with van der Waals surface area (Å²) >= 11 is 0. The standard InChI is InChI=1S/C36H60O2/c1-4-5-6-7-8-12-15-28-18-20-32-31-19-17-29-26-30(38-34(37)21-16-27-13-10-9-11-14-27)22-24-36(29,3)33(31)23-25-35(28,32)2/h17,27-28,30-33H,4-16,18-26H2,1-3H3/t28-,30+,31-,32-,33-,35-,36+/m1/s1. The highest BCUT2D eigenvalue weighted by Crippen LogP contribution is 2.66. The topological polar surface area (TPSA) is 26.3 Å². The lowest BCUT2D eigenvalue weighted by Crippen LogP contribution is -2.50. The van der Waals surface area contributed by atoms with Gasteiger partial charge >= 0.3 is 5.97 Å². The minimum absolute atomic E-state index is 0.0780. The fourth-order valence-corrected chi connectivity index (χ4v) is 10.5. The highest BCUT2D eigenvalue weighted by Gasteiger charge is 2.58. The van der Waals surface area contributed by atoms with Crippen molar-refractivity contribution in [1.29, 1.82) is 0 Å². The average molecular weight is 525 g/mol. The Morgan fingerprint density at radius 3 is 2.47 bits per heavy atom. The number of ether oxygens (including phenoxy) is 1. The molecular weight excluding hydrogens is 464 g/mol. The Morgan fingerprint density at radius 2 is 1.66 bits per heavy atom. The Bertz CT molecular complexity index is 808. The number of allylic oxidation sites excluding steroid dienone is 1. The maximum absolute atomic E-state index is 12.7. The van der Waals surface area contributed by atoms with Gasteiger partial charge in [-0.3, -0.25) is 4.79 Å². The number of hydrogen-bond acceptors (Lipinski definition) is 2. The second-order valence-corrected chi connectivity index (χ2v) is 15.0. The number of rotatable bonds is 11. The summed E-state index contributed by atoms with van der Waals surface area (Å²) in [5.41, 5.74) is 2.60. The minimum atomic E-state index is 0.0780. The third-order valence-corrected chi connectivity index (χ3v) is 12.9. The zero-order chi connectivity index (χ0) is 26.6. The van der Waals surface area contributed by atoms with Crippen LogP contribution in [-0.2, 0) is 9.53 Å². The summed E-state index contributed by atoms with van der Waals surface area (Å²) in [5, 5.41) is 0. The number of carbonyl (C=O) groups is 1. The van der Waals surface area contributed by atoms with Crippen molar-refractivity contribution in [2.75, 3.05) is 0 Å². The number of carbonyl (C=O) groups excluding carboxylic acids is 1. The van der Waals surface area contributed by atoms with E-state index in [4.69, 9.17) is 4.74 Å². The molecule has 5 rings (SSSR count). The molecule has 216 valence electrons. The van der Waals surface area contributed by atoms with Gasteiger partial charge in [-0.2, -0.15) is 0 Å². The summed E-state index contributed by atoms with van der Waals surface area (Å²) in [6, 6.07) is 0. The molecule has 0 spiro atoms. The average Bonchev–Trinajstić information content (AvgIpc) is 3.26. The van der Waals surface area contributed by atoms with Gasteiger partial charge in [0.1, 0.15) is 6.10 Å². The maximum atomic E-state index is 12.7. The van der Waals surface area contributed by atoms with Crippen LogP contribution in [-0.4, -0.2) is 12.1 Å². The van der Waals surface area contributed by atoms with Gasteiger partial charge in [0.25, 0.3) is 0 Å². The van der Waals surface area contributed by atoms with Crippen LogP contribution in [0, 0.1) is 40.4 Å². The number of unbranched alkanes of at least 4 members (excludes halogenated alkanes) is 5. The highest BCUT2D eigenvalue weighted by molar-refractivity contribution is 5.69. The first-order chi connectivity index (χ1) is 18.4. The molecule has 0 amide bonds. The smallest absolute Gasteiger partial charge is 0.306 e. The zero-order valence-electron chi connectivity index (χ0n) is 25.4. The van der Waals surface area contributed by atoms with E-state index in [1.165, 1.54) is 116 Å². The molecule has 0 aromatic heterocycles. The lowest BCUT2D eigenvalue weighted by atomic mass is 9.47. The van der Waals surface area contributed by atoms with Crippen molar-refractivity contribution >= 4 is 5.97 Å². The lowest BCUT2D eigenvalue weighted by Gasteiger charge is -2.58. The van der Waals surface area contributed by atoms with E-state index in [0.717, 1.165) is 48.9 Å². The van der Waals surface area contributed by atoms with Gasteiger partial charge in [-0.15, -0.1) is 0 Å². The molecule has 5 aliphatic rings. The Kier molecular flexibility index (Phi) is 9.68. The predicted octanol–water partition coefficient (Wildman–Crippen LogP) is 10.6. The third kappa shape index (κ3) is 6.10. The molecule has 0 radical (unpaired) electrons. The van der Waals surface area contributed by atoms with E-state index in [2.05, 4.69) is 26.8 Å². The van der Waals surface area contributed by atoms with Crippen LogP contribution in [0.15, 0.2) is 11.6 Å². The van der Waals surface area contributed by atoms with Gasteiger partial charge in [-0.05, 0) is 98.2 Å². The first kappa shape index (κ1) is 28.7. The molecule has 0 aromatic carbocycles. The van der Waals surface area contributed by atoms with E-state index in [-0.39, 0.29) is 12.1 Å². The molecular formula is C36H60O2. The summed E-state index contributed by atoms with van der Waals surface area (Å²) in [7, 11) is 0. The summed E-state index contributed by atoms with van der Waals surface area (Å²) in [4.78, 5) is 12.7. The highest BCUT2D eigenvalue weighted by atomic mass is 16.5. The van der Waals surface area contributed by atoms with Gasteiger partial charge in [0.15, 0.2) is 0 Å². The summed E-state index contributed by atoms with van der Waals surface area (Å²) in [6.45, 7) is 7.62.